The van der Waals surface area contributed by atoms with Gasteiger partial charge >= 0.3 is 0 Å². The van der Waals surface area contributed by atoms with Crippen LogP contribution >= 0.6 is 18.7 Å². The van der Waals surface area contributed by atoms with Gasteiger partial charge in [0.25, 0.3) is 5.91 Å². The number of aromatic nitrogens is 2. The first-order valence-electron chi connectivity index (χ1n) is 14.5. The van der Waals surface area contributed by atoms with Crippen LogP contribution in [0.3, 0.4) is 0 Å². The Morgan fingerprint density at radius 3 is 2.51 bits per heavy atom. The number of amides is 1. The van der Waals surface area contributed by atoms with Gasteiger partial charge in [0.2, 0.25) is 5.95 Å². The van der Waals surface area contributed by atoms with E-state index in [1.807, 2.05) is 42.5 Å². The molecule has 2 aliphatic heterocycles. The molecule has 2 aromatic carbocycles. The molecule has 0 unspecified atom stereocenters. The number of nitrogens with zero attached hydrogens (tertiary/aromatic N) is 4. The molecular weight excluding hydrogens is 583 g/mol. The summed E-state index contributed by atoms with van der Waals surface area (Å²) < 4.78 is 12.8. The molecule has 1 aromatic heterocycles. The molecule has 0 saturated carbocycles. The fourth-order valence-electron chi connectivity index (χ4n) is 5.60. The molecule has 0 radical (unpaired) electrons. The van der Waals surface area contributed by atoms with Crippen molar-refractivity contribution >= 4 is 64.5 Å². The molecule has 2 saturated heterocycles. The Morgan fingerprint density at radius 2 is 1.79 bits per heavy atom. The highest BCUT2D eigenvalue weighted by Crippen LogP contribution is 2.39. The van der Waals surface area contributed by atoms with Crippen molar-refractivity contribution in [2.75, 3.05) is 73.4 Å². The standard InChI is InChI=1S/C31H38ClN8O2P/c1-4-7-29(41)36-26-20-22(10-11-27(26)40-16-12-23(13-17-40)39-18-14-33-15-19-39)35-31-34-21-24(32)30(38-31)37-25-8-5-6-9-28(25)43(2,3)42/h5-6,8-11,20-21,23,33H,12-19H2,1-3H3,(H,36,41)(H2,34,35,37,38). The number of anilines is 6. The first-order valence-corrected chi connectivity index (χ1v) is 17.5. The highest BCUT2D eigenvalue weighted by molar-refractivity contribution is 7.70. The van der Waals surface area contributed by atoms with Crippen LogP contribution in [0.25, 0.3) is 0 Å². The van der Waals surface area contributed by atoms with Crippen molar-refractivity contribution in [3.8, 4) is 11.8 Å². The van der Waals surface area contributed by atoms with E-state index in [1.165, 1.54) is 6.20 Å². The van der Waals surface area contributed by atoms with Gasteiger partial charge in [0.1, 0.15) is 12.2 Å². The number of benzene rings is 2. The third-order valence-corrected chi connectivity index (χ3v) is 9.52. The fourth-order valence-corrected chi connectivity index (χ4v) is 6.89. The molecule has 226 valence electrons. The average Bonchev–Trinajstić information content (AvgIpc) is 2.99. The lowest BCUT2D eigenvalue weighted by atomic mass is 10.0. The molecule has 3 aromatic rings. The lowest BCUT2D eigenvalue weighted by molar-refractivity contribution is -0.111. The maximum Gasteiger partial charge on any atom is 0.300 e. The average molecular weight is 621 g/mol. The Hall–Kier alpha value is -3.61. The molecule has 5 rings (SSSR count). The van der Waals surface area contributed by atoms with Gasteiger partial charge in [0.15, 0.2) is 5.82 Å². The quantitative estimate of drug-likeness (QED) is 0.210. The summed E-state index contributed by atoms with van der Waals surface area (Å²) >= 11 is 6.44. The summed E-state index contributed by atoms with van der Waals surface area (Å²) in [6.07, 6.45) is 3.66. The Labute approximate surface area is 258 Å². The zero-order valence-electron chi connectivity index (χ0n) is 24.8. The lowest BCUT2D eigenvalue weighted by Gasteiger charge is -2.41. The summed E-state index contributed by atoms with van der Waals surface area (Å²) in [4.78, 5) is 26.4. The summed E-state index contributed by atoms with van der Waals surface area (Å²) in [6, 6.07) is 13.8. The van der Waals surface area contributed by atoms with E-state index in [0.29, 0.717) is 45.2 Å². The van der Waals surface area contributed by atoms with Gasteiger partial charge in [-0.05, 0) is 69.3 Å². The monoisotopic (exact) mass is 620 g/mol. The van der Waals surface area contributed by atoms with Crippen LogP contribution in [0.1, 0.15) is 19.8 Å². The number of piperazine rings is 1. The maximum absolute atomic E-state index is 12.8. The van der Waals surface area contributed by atoms with E-state index in [4.69, 9.17) is 11.6 Å². The van der Waals surface area contributed by atoms with Crippen LogP contribution in [0, 0.1) is 11.8 Å². The molecule has 0 spiro atoms. The van der Waals surface area contributed by atoms with Crippen molar-refractivity contribution in [3.05, 3.63) is 53.7 Å². The van der Waals surface area contributed by atoms with E-state index in [0.717, 1.165) is 57.8 Å². The Bertz CT molecular complexity index is 1570. The van der Waals surface area contributed by atoms with Gasteiger partial charge in [-0.3, -0.25) is 9.69 Å². The van der Waals surface area contributed by atoms with Gasteiger partial charge in [-0.2, -0.15) is 4.98 Å². The normalized spacial score (nSPS) is 16.2. The van der Waals surface area contributed by atoms with E-state index in [1.54, 1.807) is 20.3 Å². The molecular formula is C31H38ClN8O2P. The molecule has 1 amide bonds. The predicted octanol–water partition coefficient (Wildman–Crippen LogP) is 4.70. The second-order valence-corrected chi connectivity index (χ2v) is 14.7. The number of hydrogen-bond donors (Lipinski definition) is 4. The number of hydrogen-bond acceptors (Lipinski definition) is 9. The van der Waals surface area contributed by atoms with Crippen molar-refractivity contribution in [1.29, 1.82) is 0 Å². The number of piperidine rings is 1. The van der Waals surface area contributed by atoms with Gasteiger partial charge in [-0.25, -0.2) is 4.98 Å². The van der Waals surface area contributed by atoms with Crippen LogP contribution in [0.5, 0.6) is 0 Å². The van der Waals surface area contributed by atoms with E-state index in [2.05, 4.69) is 52.9 Å². The molecule has 4 N–H and O–H groups in total. The minimum Gasteiger partial charge on any atom is -0.370 e. The topological polar surface area (TPSA) is 115 Å². The van der Waals surface area contributed by atoms with E-state index < -0.39 is 7.14 Å². The summed E-state index contributed by atoms with van der Waals surface area (Å²) in [5.41, 5.74) is 2.99. The summed E-state index contributed by atoms with van der Waals surface area (Å²) in [5.74, 6) is 5.58. The van der Waals surface area contributed by atoms with Crippen molar-refractivity contribution in [2.24, 2.45) is 0 Å². The van der Waals surface area contributed by atoms with Crippen molar-refractivity contribution in [2.45, 2.75) is 25.8 Å². The third kappa shape index (κ3) is 7.87. The molecule has 2 fully saturated rings. The van der Waals surface area contributed by atoms with Crippen LogP contribution in [0.2, 0.25) is 5.02 Å². The Balaban J connectivity index is 1.35. The van der Waals surface area contributed by atoms with Crippen molar-refractivity contribution < 1.29 is 9.36 Å². The first kappa shape index (κ1) is 30.8. The van der Waals surface area contributed by atoms with Gasteiger partial charge in [0.05, 0.1) is 23.3 Å². The molecule has 0 atom stereocenters. The maximum atomic E-state index is 12.8. The van der Waals surface area contributed by atoms with Crippen LogP contribution in [0.4, 0.5) is 34.5 Å². The number of carbonyl (C=O) groups is 1. The van der Waals surface area contributed by atoms with Gasteiger partial charge in [-0.1, -0.05) is 29.7 Å². The lowest BCUT2D eigenvalue weighted by Crippen LogP contribution is -2.52. The summed E-state index contributed by atoms with van der Waals surface area (Å²) in [7, 11) is -2.54. The molecule has 10 nitrogen and oxygen atoms in total. The SMILES string of the molecule is CC#CC(=O)Nc1cc(Nc2ncc(Cl)c(Nc3ccccc3P(C)(C)=O)n2)ccc1N1CCC(N2CCNCC2)CC1. The van der Waals surface area contributed by atoms with E-state index in [-0.39, 0.29) is 5.91 Å². The number of carbonyl (C=O) groups excluding carboxylic acids is 1. The zero-order valence-corrected chi connectivity index (χ0v) is 26.4. The number of para-hydroxylation sites is 1. The van der Waals surface area contributed by atoms with Crippen LogP contribution in [0.15, 0.2) is 48.7 Å². The smallest absolute Gasteiger partial charge is 0.300 e. The second-order valence-electron chi connectivity index (χ2n) is 11.1. The predicted molar refractivity (Wildman–Crippen MR) is 177 cm³/mol. The highest BCUT2D eigenvalue weighted by Gasteiger charge is 2.27. The minimum absolute atomic E-state index is 0.316. The first-order chi connectivity index (χ1) is 20.7. The zero-order chi connectivity index (χ0) is 30.4. The fraction of sp³-hybridized carbons (Fsp3) is 0.387. The molecule has 12 heteroatoms. The molecule has 0 bridgehead atoms. The minimum atomic E-state index is -2.54. The highest BCUT2D eigenvalue weighted by atomic mass is 35.5. The molecule has 2 aliphatic rings. The van der Waals surface area contributed by atoms with Gasteiger partial charge in [-0.15, -0.1) is 0 Å². The Kier molecular flexibility index (Phi) is 9.89. The van der Waals surface area contributed by atoms with Crippen molar-refractivity contribution in [3.63, 3.8) is 0 Å². The summed E-state index contributed by atoms with van der Waals surface area (Å²) in [6.45, 7) is 11.2. The third-order valence-electron chi connectivity index (χ3n) is 7.69. The molecule has 43 heavy (non-hydrogen) atoms. The molecule has 0 aliphatic carbocycles. The molecule has 3 heterocycles. The van der Waals surface area contributed by atoms with Gasteiger partial charge in [0, 0.05) is 56.3 Å². The number of nitrogens with one attached hydrogen (secondary N) is 4. The van der Waals surface area contributed by atoms with Gasteiger partial charge < -0.3 is 30.7 Å². The van der Waals surface area contributed by atoms with E-state index in [9.17, 15) is 9.36 Å². The van der Waals surface area contributed by atoms with Crippen LogP contribution in [-0.2, 0) is 9.36 Å². The van der Waals surface area contributed by atoms with E-state index >= 15 is 0 Å². The van der Waals surface area contributed by atoms with Crippen LogP contribution < -0.4 is 31.5 Å². The van der Waals surface area contributed by atoms with Crippen molar-refractivity contribution in [1.82, 2.24) is 20.2 Å². The Morgan fingerprint density at radius 1 is 1.05 bits per heavy atom. The summed E-state index contributed by atoms with van der Waals surface area (Å²) in [5, 5.41) is 13.9. The van der Waals surface area contributed by atoms with Crippen LogP contribution in [-0.4, -0.2) is 79.4 Å². The number of halogens is 1. The second kappa shape index (κ2) is 13.8. The largest absolute Gasteiger partial charge is 0.370 e. The number of rotatable bonds is 8.